The minimum absolute atomic E-state index is 0.0923. The number of nitrogens with zero attached hydrogens (tertiary/aromatic N) is 5. The zero-order valence-corrected chi connectivity index (χ0v) is 11.4. The van der Waals surface area contributed by atoms with Gasteiger partial charge in [0.2, 0.25) is 0 Å². The highest BCUT2D eigenvalue weighted by atomic mass is 32.1. The Bertz CT molecular complexity index is 777. The number of halogens is 3. The van der Waals surface area contributed by atoms with Crippen LogP contribution >= 0.6 is 11.3 Å². The predicted octanol–water partition coefficient (Wildman–Crippen LogP) is 2.82. The van der Waals surface area contributed by atoms with Gasteiger partial charge in [0.15, 0.2) is 22.4 Å². The van der Waals surface area contributed by atoms with Crippen molar-refractivity contribution in [3.05, 3.63) is 35.7 Å². The van der Waals surface area contributed by atoms with Crippen molar-refractivity contribution in [3.63, 3.8) is 0 Å². The molecule has 0 saturated heterocycles. The fourth-order valence-electron chi connectivity index (χ4n) is 1.66. The average molecular weight is 310 g/mol. The molecule has 0 fully saturated rings. The SMILES string of the molecule is Cn1ccnc1-c1c[c]nc(-c2nc(C(F)(F)F)cs2)n1. The summed E-state index contributed by atoms with van der Waals surface area (Å²) in [6.07, 6.45) is 1.47. The van der Waals surface area contributed by atoms with Crippen LogP contribution in [-0.4, -0.2) is 24.5 Å². The van der Waals surface area contributed by atoms with Gasteiger partial charge in [-0.3, -0.25) is 0 Å². The van der Waals surface area contributed by atoms with Gasteiger partial charge in [0.05, 0.1) is 6.20 Å². The van der Waals surface area contributed by atoms with Crippen LogP contribution in [0.2, 0.25) is 0 Å². The summed E-state index contributed by atoms with van der Waals surface area (Å²) in [5.74, 6) is 0.665. The summed E-state index contributed by atoms with van der Waals surface area (Å²) in [5.41, 5.74) is -0.482. The Kier molecular flexibility index (Phi) is 3.20. The monoisotopic (exact) mass is 310 g/mol. The lowest BCUT2D eigenvalue weighted by molar-refractivity contribution is -0.140. The van der Waals surface area contributed by atoms with Crippen molar-refractivity contribution in [2.45, 2.75) is 6.18 Å². The molecule has 0 aromatic carbocycles. The van der Waals surface area contributed by atoms with Crippen LogP contribution in [0.25, 0.3) is 22.4 Å². The van der Waals surface area contributed by atoms with E-state index in [0.717, 1.165) is 16.7 Å². The summed E-state index contributed by atoms with van der Waals surface area (Å²) in [4.78, 5) is 15.7. The van der Waals surface area contributed by atoms with Crippen LogP contribution in [0.15, 0.2) is 23.8 Å². The van der Waals surface area contributed by atoms with Crippen molar-refractivity contribution in [3.8, 4) is 22.4 Å². The van der Waals surface area contributed by atoms with Crippen LogP contribution in [0.3, 0.4) is 0 Å². The van der Waals surface area contributed by atoms with Crippen molar-refractivity contribution in [2.75, 3.05) is 0 Å². The summed E-state index contributed by atoms with van der Waals surface area (Å²) in [5, 5.41) is 1.03. The molecular formula is C12H7F3N5S. The van der Waals surface area contributed by atoms with Crippen LogP contribution in [0.1, 0.15) is 5.69 Å². The number of rotatable bonds is 2. The first-order valence-corrected chi connectivity index (χ1v) is 6.59. The minimum Gasteiger partial charge on any atom is -0.333 e. The standard InChI is InChI=1S/C12H7F3N5S/c1-20-5-4-17-10(20)7-2-3-16-9(18-7)11-19-8(6-21-11)12(13,14)15/h2,4-6H,1H3. The number of imidazole rings is 1. The molecule has 0 atom stereocenters. The van der Waals surface area contributed by atoms with Gasteiger partial charge in [-0.15, -0.1) is 11.3 Å². The van der Waals surface area contributed by atoms with Crippen molar-refractivity contribution in [2.24, 2.45) is 7.05 Å². The van der Waals surface area contributed by atoms with Crippen molar-refractivity contribution in [1.29, 1.82) is 0 Å². The molecule has 107 valence electrons. The maximum Gasteiger partial charge on any atom is 0.434 e. The third kappa shape index (κ3) is 2.64. The molecule has 5 nitrogen and oxygen atoms in total. The predicted molar refractivity (Wildman–Crippen MR) is 69.2 cm³/mol. The lowest BCUT2D eigenvalue weighted by Gasteiger charge is -2.02. The molecule has 0 aliphatic carbocycles. The van der Waals surface area contributed by atoms with Gasteiger partial charge in [0.1, 0.15) is 5.69 Å². The van der Waals surface area contributed by atoms with Gasteiger partial charge in [0.25, 0.3) is 0 Å². The second kappa shape index (κ2) is 4.92. The first-order valence-electron chi connectivity index (χ1n) is 5.71. The Morgan fingerprint density at radius 2 is 2.10 bits per heavy atom. The van der Waals surface area contributed by atoms with E-state index in [9.17, 15) is 13.2 Å². The van der Waals surface area contributed by atoms with E-state index < -0.39 is 11.9 Å². The molecule has 3 heterocycles. The topological polar surface area (TPSA) is 56.5 Å². The van der Waals surface area contributed by atoms with Gasteiger partial charge in [-0.1, -0.05) is 0 Å². The van der Waals surface area contributed by atoms with E-state index in [1.54, 1.807) is 24.0 Å². The molecule has 3 rings (SSSR count). The van der Waals surface area contributed by atoms with Crippen LogP contribution < -0.4 is 0 Å². The molecular weight excluding hydrogens is 303 g/mol. The molecule has 0 N–H and O–H groups in total. The van der Waals surface area contributed by atoms with Gasteiger partial charge < -0.3 is 4.57 Å². The Balaban J connectivity index is 2.01. The van der Waals surface area contributed by atoms with Gasteiger partial charge >= 0.3 is 6.18 Å². The molecule has 3 aromatic rings. The lowest BCUT2D eigenvalue weighted by Crippen LogP contribution is -2.05. The number of alkyl halides is 3. The second-order valence-electron chi connectivity index (χ2n) is 4.10. The summed E-state index contributed by atoms with van der Waals surface area (Å²) in [7, 11) is 1.79. The molecule has 21 heavy (non-hydrogen) atoms. The van der Waals surface area contributed by atoms with E-state index >= 15 is 0 Å². The summed E-state index contributed by atoms with van der Waals surface area (Å²) in [6.45, 7) is 0. The van der Waals surface area contributed by atoms with Crippen LogP contribution in [-0.2, 0) is 13.2 Å². The first kappa shape index (κ1) is 13.7. The van der Waals surface area contributed by atoms with E-state index in [-0.39, 0.29) is 10.8 Å². The molecule has 0 amide bonds. The summed E-state index contributed by atoms with van der Waals surface area (Å²) < 4.78 is 39.4. The van der Waals surface area contributed by atoms with Crippen LogP contribution in [0, 0.1) is 6.20 Å². The zero-order valence-electron chi connectivity index (χ0n) is 10.6. The van der Waals surface area contributed by atoms with E-state index in [4.69, 9.17) is 0 Å². The number of hydrogen-bond donors (Lipinski definition) is 0. The molecule has 0 aliphatic heterocycles. The molecule has 3 aromatic heterocycles. The van der Waals surface area contributed by atoms with Crippen molar-refractivity contribution >= 4 is 11.3 Å². The maximum absolute atomic E-state index is 12.6. The second-order valence-corrected chi connectivity index (χ2v) is 4.96. The van der Waals surface area contributed by atoms with Crippen LogP contribution in [0.4, 0.5) is 13.2 Å². The zero-order chi connectivity index (χ0) is 15.0. The largest absolute Gasteiger partial charge is 0.434 e. The quantitative estimate of drug-likeness (QED) is 0.730. The first-order chi connectivity index (χ1) is 9.95. The normalized spacial score (nSPS) is 11.8. The van der Waals surface area contributed by atoms with Gasteiger partial charge in [-0.25, -0.2) is 19.9 Å². The van der Waals surface area contributed by atoms with E-state index in [1.807, 2.05) is 0 Å². The maximum atomic E-state index is 12.6. The Morgan fingerprint density at radius 1 is 1.29 bits per heavy atom. The fourth-order valence-corrected chi connectivity index (χ4v) is 2.41. The fraction of sp³-hybridized carbons (Fsp3) is 0.167. The third-order valence-corrected chi connectivity index (χ3v) is 3.47. The highest BCUT2D eigenvalue weighted by molar-refractivity contribution is 7.13. The molecule has 1 radical (unpaired) electrons. The van der Waals surface area contributed by atoms with E-state index in [0.29, 0.717) is 11.5 Å². The Labute approximate surface area is 121 Å². The molecule has 0 unspecified atom stereocenters. The molecule has 0 aliphatic rings. The Hall–Kier alpha value is -2.29. The van der Waals surface area contributed by atoms with Crippen LogP contribution in [0.5, 0.6) is 0 Å². The van der Waals surface area contributed by atoms with E-state index in [2.05, 4.69) is 26.1 Å². The summed E-state index contributed by atoms with van der Waals surface area (Å²) >= 11 is 0.836. The van der Waals surface area contributed by atoms with Gasteiger partial charge in [-0.2, -0.15) is 13.2 Å². The number of thiazole rings is 1. The highest BCUT2D eigenvalue weighted by Gasteiger charge is 2.34. The minimum atomic E-state index is -4.48. The third-order valence-electron chi connectivity index (χ3n) is 2.63. The smallest absolute Gasteiger partial charge is 0.333 e. The average Bonchev–Trinajstić information content (AvgIpc) is 3.06. The van der Waals surface area contributed by atoms with Crippen molar-refractivity contribution in [1.82, 2.24) is 24.5 Å². The molecule has 0 spiro atoms. The van der Waals surface area contributed by atoms with Gasteiger partial charge in [0, 0.05) is 24.8 Å². The van der Waals surface area contributed by atoms with E-state index in [1.165, 1.54) is 6.07 Å². The number of aromatic nitrogens is 5. The molecule has 0 saturated carbocycles. The highest BCUT2D eigenvalue weighted by Crippen LogP contribution is 2.32. The summed E-state index contributed by atoms with van der Waals surface area (Å²) in [6, 6.07) is 1.52. The van der Waals surface area contributed by atoms with Gasteiger partial charge in [-0.05, 0) is 6.07 Å². The van der Waals surface area contributed by atoms with Crippen molar-refractivity contribution < 1.29 is 13.2 Å². The number of aryl methyl sites for hydroxylation is 1. The molecule has 0 bridgehead atoms. The Morgan fingerprint density at radius 3 is 2.71 bits per heavy atom. The molecule has 9 heteroatoms. The lowest BCUT2D eigenvalue weighted by atomic mass is 10.3. The number of hydrogen-bond acceptors (Lipinski definition) is 5.